The molecule has 0 heterocycles. The Bertz CT molecular complexity index is 164. The van der Waals surface area contributed by atoms with E-state index in [9.17, 15) is 0 Å². The standard InChI is InChI=1S/C9H12.CH2O/c1-4-7-9(6-3)8-5-2;1-2/h4-8H,1,3H2,2H3;1H2/b8-5+,9-7+;. The molecule has 0 N–H and O–H groups in total. The fourth-order valence-corrected chi connectivity index (χ4v) is 0.520. The number of hydrogen-bond donors (Lipinski definition) is 0. The summed E-state index contributed by atoms with van der Waals surface area (Å²) in [6.07, 6.45) is 9.40. The van der Waals surface area contributed by atoms with Crippen molar-refractivity contribution in [1.29, 1.82) is 0 Å². The van der Waals surface area contributed by atoms with E-state index in [0.717, 1.165) is 5.57 Å². The molecule has 60 valence electrons. The molecule has 0 aliphatic rings. The molecule has 0 saturated carbocycles. The molecule has 0 unspecified atom stereocenters. The largest absolute Gasteiger partial charge is 0.307 e. The van der Waals surface area contributed by atoms with Gasteiger partial charge in [0.05, 0.1) is 0 Å². The van der Waals surface area contributed by atoms with Gasteiger partial charge in [0.25, 0.3) is 0 Å². The van der Waals surface area contributed by atoms with Crippen LogP contribution >= 0.6 is 0 Å². The SMILES string of the molecule is C=C/C=C(C=C)/C=C/C.C=O. The van der Waals surface area contributed by atoms with Crippen LogP contribution in [0.1, 0.15) is 6.92 Å². The van der Waals surface area contributed by atoms with Gasteiger partial charge in [-0.15, -0.1) is 0 Å². The molecule has 0 saturated heterocycles. The first-order valence-electron chi connectivity index (χ1n) is 3.22. The summed E-state index contributed by atoms with van der Waals surface area (Å²) in [4.78, 5) is 8.00. The minimum Gasteiger partial charge on any atom is -0.307 e. The highest BCUT2D eigenvalue weighted by Gasteiger charge is 1.76. The molecular weight excluding hydrogens is 136 g/mol. The highest BCUT2D eigenvalue weighted by atomic mass is 16.1. The topological polar surface area (TPSA) is 17.1 Å². The fourth-order valence-electron chi connectivity index (χ4n) is 0.520. The average molecular weight is 150 g/mol. The molecule has 0 aromatic rings. The van der Waals surface area contributed by atoms with Gasteiger partial charge in [0, 0.05) is 0 Å². The van der Waals surface area contributed by atoms with E-state index in [4.69, 9.17) is 4.79 Å². The van der Waals surface area contributed by atoms with E-state index in [2.05, 4.69) is 13.2 Å². The zero-order chi connectivity index (χ0) is 9.11. The van der Waals surface area contributed by atoms with Crippen molar-refractivity contribution < 1.29 is 4.79 Å². The van der Waals surface area contributed by atoms with Gasteiger partial charge in [0.2, 0.25) is 0 Å². The molecule has 0 spiro atoms. The quantitative estimate of drug-likeness (QED) is 0.565. The van der Waals surface area contributed by atoms with Crippen LogP contribution in [0.25, 0.3) is 0 Å². The van der Waals surface area contributed by atoms with Gasteiger partial charge in [0.15, 0.2) is 0 Å². The van der Waals surface area contributed by atoms with E-state index >= 15 is 0 Å². The average Bonchev–Trinajstić information content (AvgIpc) is 2.08. The predicted octanol–water partition coefficient (Wildman–Crippen LogP) is 2.68. The summed E-state index contributed by atoms with van der Waals surface area (Å²) < 4.78 is 0. The monoisotopic (exact) mass is 150 g/mol. The first kappa shape index (κ1) is 12.3. The van der Waals surface area contributed by atoms with Gasteiger partial charge in [-0.3, -0.25) is 0 Å². The van der Waals surface area contributed by atoms with Crippen LogP contribution in [0.3, 0.4) is 0 Å². The summed E-state index contributed by atoms with van der Waals surface area (Å²) in [5.41, 5.74) is 1.09. The highest BCUT2D eigenvalue weighted by Crippen LogP contribution is 1.96. The van der Waals surface area contributed by atoms with E-state index in [1.165, 1.54) is 0 Å². The molecule has 1 nitrogen and oxygen atoms in total. The molecule has 0 aromatic heterocycles. The fraction of sp³-hybridized carbons (Fsp3) is 0.100. The third-order valence-electron chi connectivity index (χ3n) is 0.905. The van der Waals surface area contributed by atoms with Crippen LogP contribution in [0, 0.1) is 0 Å². The molecule has 0 aliphatic heterocycles. The zero-order valence-corrected chi connectivity index (χ0v) is 6.92. The van der Waals surface area contributed by atoms with Gasteiger partial charge in [-0.1, -0.05) is 43.5 Å². The Labute approximate surface area is 68.4 Å². The molecule has 0 radical (unpaired) electrons. The van der Waals surface area contributed by atoms with Crippen LogP contribution in [-0.2, 0) is 4.79 Å². The Morgan fingerprint density at radius 3 is 2.09 bits per heavy atom. The molecule has 1 heteroatoms. The molecule has 11 heavy (non-hydrogen) atoms. The second-order valence-electron chi connectivity index (χ2n) is 1.61. The first-order valence-corrected chi connectivity index (χ1v) is 3.22. The van der Waals surface area contributed by atoms with Crippen molar-refractivity contribution in [3.8, 4) is 0 Å². The van der Waals surface area contributed by atoms with Crippen LogP contribution in [0.4, 0.5) is 0 Å². The van der Waals surface area contributed by atoms with E-state index < -0.39 is 0 Å². The zero-order valence-electron chi connectivity index (χ0n) is 6.92. The highest BCUT2D eigenvalue weighted by molar-refractivity contribution is 5.31. The van der Waals surface area contributed by atoms with Crippen molar-refractivity contribution in [2.24, 2.45) is 0 Å². The second kappa shape index (κ2) is 11.4. The smallest absolute Gasteiger partial charge is 0.106 e. The number of hydrogen-bond acceptors (Lipinski definition) is 1. The van der Waals surface area contributed by atoms with Crippen molar-refractivity contribution in [1.82, 2.24) is 0 Å². The maximum atomic E-state index is 8.00. The van der Waals surface area contributed by atoms with Crippen molar-refractivity contribution in [2.45, 2.75) is 6.92 Å². The summed E-state index contributed by atoms with van der Waals surface area (Å²) in [7, 11) is 0. The van der Waals surface area contributed by atoms with Gasteiger partial charge in [0.1, 0.15) is 6.79 Å². The van der Waals surface area contributed by atoms with Gasteiger partial charge >= 0.3 is 0 Å². The maximum Gasteiger partial charge on any atom is 0.106 e. The third-order valence-corrected chi connectivity index (χ3v) is 0.905. The van der Waals surface area contributed by atoms with E-state index in [0.29, 0.717) is 0 Å². The predicted molar refractivity (Wildman–Crippen MR) is 50.4 cm³/mol. The van der Waals surface area contributed by atoms with E-state index in [1.54, 1.807) is 12.2 Å². The van der Waals surface area contributed by atoms with Gasteiger partial charge in [-0.05, 0) is 12.5 Å². The normalized spacial score (nSPS) is 10.1. The maximum absolute atomic E-state index is 8.00. The summed E-state index contributed by atoms with van der Waals surface area (Å²) in [5, 5.41) is 0. The summed E-state index contributed by atoms with van der Waals surface area (Å²) in [6, 6.07) is 0. The molecule has 0 aromatic carbocycles. The lowest BCUT2D eigenvalue weighted by atomic mass is 10.2. The minimum atomic E-state index is 1.09. The summed E-state index contributed by atoms with van der Waals surface area (Å²) in [6.45, 7) is 11.2. The molecular formula is C10H14O. The van der Waals surface area contributed by atoms with Crippen molar-refractivity contribution in [3.05, 3.63) is 49.1 Å². The van der Waals surface area contributed by atoms with Gasteiger partial charge < -0.3 is 4.79 Å². The molecule has 0 rings (SSSR count). The Hall–Kier alpha value is -1.37. The lowest BCUT2D eigenvalue weighted by Gasteiger charge is -1.85. The Balaban J connectivity index is 0. The van der Waals surface area contributed by atoms with E-state index in [1.807, 2.05) is 31.9 Å². The lowest BCUT2D eigenvalue weighted by Crippen LogP contribution is -1.65. The molecule has 0 atom stereocenters. The van der Waals surface area contributed by atoms with Crippen molar-refractivity contribution in [2.75, 3.05) is 0 Å². The lowest BCUT2D eigenvalue weighted by molar-refractivity contribution is -0.0979. The molecule has 0 amide bonds. The van der Waals surface area contributed by atoms with Crippen LogP contribution in [0.15, 0.2) is 49.1 Å². The van der Waals surface area contributed by atoms with E-state index in [-0.39, 0.29) is 0 Å². The van der Waals surface area contributed by atoms with Gasteiger partial charge in [-0.2, -0.15) is 0 Å². The van der Waals surface area contributed by atoms with Gasteiger partial charge in [-0.25, -0.2) is 0 Å². The number of rotatable bonds is 3. The van der Waals surface area contributed by atoms with Crippen LogP contribution in [0.2, 0.25) is 0 Å². The second-order valence-corrected chi connectivity index (χ2v) is 1.61. The van der Waals surface area contributed by atoms with Crippen molar-refractivity contribution >= 4 is 6.79 Å². The number of allylic oxidation sites excluding steroid dienone is 6. The summed E-state index contributed by atoms with van der Waals surface area (Å²) in [5.74, 6) is 0. The Morgan fingerprint density at radius 2 is 1.82 bits per heavy atom. The Kier molecular flexibility index (Phi) is 12.8. The number of carbonyl (C=O) groups excluding carboxylic acids is 1. The number of carbonyl (C=O) groups is 1. The van der Waals surface area contributed by atoms with Crippen LogP contribution in [-0.4, -0.2) is 6.79 Å². The molecule has 0 aliphatic carbocycles. The Morgan fingerprint density at radius 1 is 1.27 bits per heavy atom. The van der Waals surface area contributed by atoms with Crippen molar-refractivity contribution in [3.63, 3.8) is 0 Å². The van der Waals surface area contributed by atoms with Crippen LogP contribution < -0.4 is 0 Å². The minimum absolute atomic E-state index is 1.09. The first-order chi connectivity index (χ1) is 5.35. The summed E-state index contributed by atoms with van der Waals surface area (Å²) >= 11 is 0. The molecule has 0 bridgehead atoms. The molecule has 0 fully saturated rings. The van der Waals surface area contributed by atoms with Crippen LogP contribution in [0.5, 0.6) is 0 Å². The third kappa shape index (κ3) is 8.63.